The molecule has 1 aliphatic heterocycles. The third kappa shape index (κ3) is 7.42. The highest BCUT2D eigenvalue weighted by Gasteiger charge is 2.29. The van der Waals surface area contributed by atoms with Crippen LogP contribution in [-0.4, -0.2) is 83.1 Å². The number of amides is 1. The number of benzene rings is 1. The first-order valence-electron chi connectivity index (χ1n) is 14.0. The number of sulfonamides is 1. The molecular weight excluding hydrogens is 594 g/mol. The first-order valence-corrected chi connectivity index (χ1v) is 16.3. The number of carbonyl (C=O) groups is 1. The van der Waals surface area contributed by atoms with Crippen LogP contribution in [0.3, 0.4) is 0 Å². The Morgan fingerprint density at radius 1 is 1.19 bits per heavy atom. The summed E-state index contributed by atoms with van der Waals surface area (Å²) in [5.41, 5.74) is 3.03. The molecule has 2 aromatic heterocycles. The average molecular weight is 628 g/mol. The van der Waals surface area contributed by atoms with Gasteiger partial charge in [0.2, 0.25) is 16.0 Å². The number of rotatable bonds is 9. The monoisotopic (exact) mass is 627 g/mol. The number of hydrogen-bond acceptors (Lipinski definition) is 10. The molecular formula is C28H34ClN9O4S. The number of nitriles is 1. The lowest BCUT2D eigenvalue weighted by molar-refractivity contribution is 0.164. The van der Waals surface area contributed by atoms with Crippen molar-refractivity contribution in [2.75, 3.05) is 31.8 Å². The van der Waals surface area contributed by atoms with Crippen molar-refractivity contribution in [2.45, 2.75) is 56.8 Å². The minimum absolute atomic E-state index is 0.0111. The lowest BCUT2D eigenvalue weighted by Crippen LogP contribution is -2.46. The largest absolute Gasteiger partial charge is 0.453 e. The van der Waals surface area contributed by atoms with Gasteiger partial charge in [0.15, 0.2) is 0 Å². The van der Waals surface area contributed by atoms with Gasteiger partial charge in [-0.3, -0.25) is 0 Å². The predicted molar refractivity (Wildman–Crippen MR) is 161 cm³/mol. The van der Waals surface area contributed by atoms with E-state index < -0.39 is 16.1 Å². The van der Waals surface area contributed by atoms with Gasteiger partial charge in [-0.1, -0.05) is 17.7 Å². The molecule has 2 aliphatic rings. The highest BCUT2D eigenvalue weighted by atomic mass is 35.5. The highest BCUT2D eigenvalue weighted by molar-refractivity contribution is 7.88. The standard InChI is InChI=1S/C28H34ClN9O4S/c1-42-28(39)35-24-5-3-4-23(24)31-14-18-6-7-25(22(29)12-18)38-17-20(16-33-38)26-19(13-30)15-32-27(36-26)34-21-8-10-37(11-9-21)43(2,40)41/h6-7,12,15-17,21,23-24,31H,3-5,8-11,14H2,1-2H3,(H,35,39)(H,32,34,36)/t23-,24-/m0/s1. The Morgan fingerprint density at radius 3 is 2.65 bits per heavy atom. The Hall–Kier alpha value is -3.77. The molecule has 13 nitrogen and oxygen atoms in total. The van der Waals surface area contributed by atoms with Crippen LogP contribution < -0.4 is 16.0 Å². The van der Waals surface area contributed by atoms with Gasteiger partial charge in [-0.2, -0.15) is 10.4 Å². The summed E-state index contributed by atoms with van der Waals surface area (Å²) in [6.45, 7) is 1.44. The van der Waals surface area contributed by atoms with Crippen LogP contribution in [0.15, 0.2) is 36.8 Å². The Balaban J connectivity index is 1.25. The Bertz CT molecular complexity index is 1620. The number of nitrogens with zero attached hydrogens (tertiary/aromatic N) is 6. The number of halogens is 1. The summed E-state index contributed by atoms with van der Waals surface area (Å²) in [5.74, 6) is 0.362. The van der Waals surface area contributed by atoms with E-state index in [0.29, 0.717) is 66.0 Å². The smallest absolute Gasteiger partial charge is 0.407 e. The van der Waals surface area contributed by atoms with Crippen molar-refractivity contribution in [2.24, 2.45) is 0 Å². The van der Waals surface area contributed by atoms with Gasteiger partial charge in [-0.25, -0.2) is 32.2 Å². The van der Waals surface area contributed by atoms with Gasteiger partial charge in [0.1, 0.15) is 6.07 Å². The Kier molecular flexibility index (Phi) is 9.46. The number of piperidine rings is 1. The van der Waals surface area contributed by atoms with E-state index in [-0.39, 0.29) is 18.1 Å². The molecule has 3 N–H and O–H groups in total. The summed E-state index contributed by atoms with van der Waals surface area (Å²) < 4.78 is 31.5. The maximum atomic E-state index is 11.8. The molecule has 0 radical (unpaired) electrons. The lowest BCUT2D eigenvalue weighted by Gasteiger charge is -2.30. The summed E-state index contributed by atoms with van der Waals surface area (Å²) in [4.78, 5) is 20.5. The van der Waals surface area contributed by atoms with Crippen LogP contribution in [0, 0.1) is 11.3 Å². The number of carbonyl (C=O) groups excluding carboxylic acids is 1. The van der Waals surface area contributed by atoms with Crippen LogP contribution >= 0.6 is 11.6 Å². The predicted octanol–water partition coefficient (Wildman–Crippen LogP) is 3.06. The van der Waals surface area contributed by atoms with Gasteiger partial charge in [0, 0.05) is 49.5 Å². The van der Waals surface area contributed by atoms with Crippen molar-refractivity contribution >= 4 is 33.7 Å². The Morgan fingerprint density at radius 2 is 1.95 bits per heavy atom. The molecule has 0 unspecified atom stereocenters. The number of aromatic nitrogens is 4. The number of nitrogens with one attached hydrogen (secondary N) is 3. The topological polar surface area (TPSA) is 167 Å². The lowest BCUT2D eigenvalue weighted by atomic mass is 10.1. The summed E-state index contributed by atoms with van der Waals surface area (Å²) >= 11 is 6.67. The zero-order chi connectivity index (χ0) is 30.6. The molecule has 15 heteroatoms. The number of hydrogen-bond donors (Lipinski definition) is 3. The number of alkyl carbamates (subject to hydrolysis) is 1. The van der Waals surface area contributed by atoms with Crippen LogP contribution in [0.5, 0.6) is 0 Å². The molecule has 5 rings (SSSR count). The fourth-order valence-corrected chi connectivity index (χ4v) is 6.69. The molecule has 1 saturated heterocycles. The maximum Gasteiger partial charge on any atom is 0.407 e. The van der Waals surface area contributed by atoms with E-state index in [1.54, 1.807) is 17.1 Å². The van der Waals surface area contributed by atoms with Crippen molar-refractivity contribution in [1.82, 2.24) is 34.7 Å². The van der Waals surface area contributed by atoms with E-state index in [1.807, 2.05) is 18.2 Å². The molecule has 2 fully saturated rings. The Labute approximate surface area is 255 Å². The SMILES string of the molecule is COC(=O)N[C@H]1CCC[C@@H]1NCc1ccc(-n2cc(-c3nc(NC4CCN(S(C)(=O)=O)CC4)ncc3C#N)cn2)c(Cl)c1. The zero-order valence-corrected chi connectivity index (χ0v) is 25.5. The summed E-state index contributed by atoms with van der Waals surface area (Å²) in [6.07, 6.45) is 9.78. The van der Waals surface area contributed by atoms with Gasteiger partial charge in [0.05, 0.1) is 47.7 Å². The van der Waals surface area contributed by atoms with Gasteiger partial charge in [0.25, 0.3) is 0 Å². The molecule has 228 valence electrons. The van der Waals surface area contributed by atoms with E-state index >= 15 is 0 Å². The van der Waals surface area contributed by atoms with Gasteiger partial charge in [-0.05, 0) is 49.8 Å². The second kappa shape index (κ2) is 13.3. The van der Waals surface area contributed by atoms with Crippen LogP contribution in [0.4, 0.5) is 10.7 Å². The van der Waals surface area contributed by atoms with Gasteiger partial charge >= 0.3 is 6.09 Å². The van der Waals surface area contributed by atoms with Crippen molar-refractivity contribution in [1.29, 1.82) is 5.26 Å². The minimum Gasteiger partial charge on any atom is -0.453 e. The third-order valence-electron chi connectivity index (χ3n) is 7.85. The summed E-state index contributed by atoms with van der Waals surface area (Å²) in [6, 6.07) is 8.06. The van der Waals surface area contributed by atoms with Crippen LogP contribution in [0.1, 0.15) is 43.2 Å². The molecule has 1 aromatic carbocycles. The average Bonchev–Trinajstić information content (AvgIpc) is 3.66. The molecule has 2 atom stereocenters. The van der Waals surface area contributed by atoms with Crippen molar-refractivity contribution in [3.63, 3.8) is 0 Å². The van der Waals surface area contributed by atoms with Crippen molar-refractivity contribution < 1.29 is 17.9 Å². The molecule has 0 bridgehead atoms. The van der Waals surface area contributed by atoms with Gasteiger partial charge < -0.3 is 20.7 Å². The van der Waals surface area contributed by atoms with Crippen LogP contribution in [0.2, 0.25) is 5.02 Å². The van der Waals surface area contributed by atoms with Gasteiger partial charge in [-0.15, -0.1) is 0 Å². The quantitative estimate of drug-likeness (QED) is 0.321. The van der Waals surface area contributed by atoms with Crippen molar-refractivity contribution in [3.05, 3.63) is 52.9 Å². The van der Waals surface area contributed by atoms with E-state index in [9.17, 15) is 18.5 Å². The van der Waals surface area contributed by atoms with E-state index in [4.69, 9.17) is 16.3 Å². The third-order valence-corrected chi connectivity index (χ3v) is 9.46. The minimum atomic E-state index is -3.21. The second-order valence-corrected chi connectivity index (χ2v) is 13.2. The number of methoxy groups -OCH3 is 1. The summed E-state index contributed by atoms with van der Waals surface area (Å²) in [5, 5.41) is 24.4. The molecule has 1 aliphatic carbocycles. The highest BCUT2D eigenvalue weighted by Crippen LogP contribution is 2.27. The molecule has 0 spiro atoms. The molecule has 3 aromatic rings. The van der Waals surface area contributed by atoms with E-state index in [0.717, 1.165) is 24.8 Å². The first kappa shape index (κ1) is 30.7. The molecule has 1 saturated carbocycles. The number of anilines is 1. The first-order chi connectivity index (χ1) is 20.6. The molecule has 43 heavy (non-hydrogen) atoms. The van der Waals surface area contributed by atoms with Crippen LogP contribution in [-0.2, 0) is 21.3 Å². The van der Waals surface area contributed by atoms with E-state index in [1.165, 1.54) is 23.9 Å². The maximum absolute atomic E-state index is 11.8. The second-order valence-electron chi connectivity index (χ2n) is 10.8. The fourth-order valence-electron chi connectivity index (χ4n) is 5.53. The summed E-state index contributed by atoms with van der Waals surface area (Å²) in [7, 11) is -1.85. The molecule has 3 heterocycles. The van der Waals surface area contributed by atoms with Crippen molar-refractivity contribution in [3.8, 4) is 23.0 Å². The van der Waals surface area contributed by atoms with Crippen LogP contribution in [0.25, 0.3) is 16.9 Å². The molecule has 1 amide bonds. The zero-order valence-electron chi connectivity index (χ0n) is 24.0. The van der Waals surface area contributed by atoms with E-state index in [2.05, 4.69) is 37.1 Å². The fraction of sp³-hybridized carbons (Fsp3) is 0.464. The normalized spacial score (nSPS) is 19.6. The number of ether oxygens (including phenoxy) is 1.